The van der Waals surface area contributed by atoms with Gasteiger partial charge in [0.2, 0.25) is 15.9 Å². The van der Waals surface area contributed by atoms with Gasteiger partial charge in [0.25, 0.3) is 0 Å². The van der Waals surface area contributed by atoms with Crippen molar-refractivity contribution in [2.75, 3.05) is 43.4 Å². The highest BCUT2D eigenvalue weighted by atomic mass is 35.5. The minimum atomic E-state index is -3.64. The number of nitrogens with zero attached hydrogens (tertiary/aromatic N) is 2. The number of hydrogen-bond acceptors (Lipinski definition) is 5. The molecule has 0 spiro atoms. The normalized spacial score (nSPS) is 14.9. The van der Waals surface area contributed by atoms with Crippen molar-refractivity contribution in [3.63, 3.8) is 0 Å². The first-order valence-electron chi connectivity index (χ1n) is 10.1. The average Bonchev–Trinajstić information content (AvgIpc) is 2.72. The van der Waals surface area contributed by atoms with Gasteiger partial charge >= 0.3 is 0 Å². The van der Waals surface area contributed by atoms with Crippen LogP contribution < -0.4 is 9.62 Å². The third-order valence-electron chi connectivity index (χ3n) is 5.14. The lowest BCUT2D eigenvalue weighted by Crippen LogP contribution is -2.40. The van der Waals surface area contributed by atoms with Crippen LogP contribution in [0.4, 0.5) is 5.69 Å². The van der Waals surface area contributed by atoms with E-state index in [9.17, 15) is 13.2 Å². The number of morpholine rings is 1. The SMILES string of the molecule is Cc1cc(Cl)ccc1N(CC(=O)NCc1ccc(CN2CCOCC2)cc1)S(C)(=O)=O. The summed E-state index contributed by atoms with van der Waals surface area (Å²) in [6.07, 6.45) is 1.08. The molecule has 168 valence electrons. The molecule has 0 radical (unpaired) electrons. The smallest absolute Gasteiger partial charge is 0.241 e. The molecule has 3 rings (SSSR count). The van der Waals surface area contributed by atoms with Gasteiger partial charge in [-0.05, 0) is 41.8 Å². The highest BCUT2D eigenvalue weighted by molar-refractivity contribution is 7.92. The van der Waals surface area contributed by atoms with Crippen molar-refractivity contribution < 1.29 is 17.9 Å². The highest BCUT2D eigenvalue weighted by Gasteiger charge is 2.22. The number of halogens is 1. The fraction of sp³-hybridized carbons (Fsp3) is 0.409. The van der Waals surface area contributed by atoms with E-state index < -0.39 is 10.0 Å². The predicted molar refractivity (Wildman–Crippen MR) is 123 cm³/mol. The largest absolute Gasteiger partial charge is 0.379 e. The number of benzene rings is 2. The zero-order valence-electron chi connectivity index (χ0n) is 17.8. The summed E-state index contributed by atoms with van der Waals surface area (Å²) in [4.78, 5) is 14.8. The lowest BCUT2D eigenvalue weighted by atomic mass is 10.1. The Morgan fingerprint density at radius 1 is 1.13 bits per heavy atom. The molecule has 1 fully saturated rings. The van der Waals surface area contributed by atoms with E-state index in [0.29, 0.717) is 22.8 Å². The number of carbonyl (C=O) groups is 1. The minimum absolute atomic E-state index is 0.295. The summed E-state index contributed by atoms with van der Waals surface area (Å²) in [7, 11) is -3.64. The molecule has 9 heteroatoms. The number of nitrogens with one attached hydrogen (secondary N) is 1. The van der Waals surface area contributed by atoms with Gasteiger partial charge in [-0.3, -0.25) is 14.0 Å². The molecule has 0 aliphatic carbocycles. The van der Waals surface area contributed by atoms with E-state index in [1.54, 1.807) is 25.1 Å². The summed E-state index contributed by atoms with van der Waals surface area (Å²) in [6, 6.07) is 13.0. The van der Waals surface area contributed by atoms with Crippen LogP contribution in [0.5, 0.6) is 0 Å². The molecule has 0 unspecified atom stereocenters. The first kappa shape index (κ1) is 23.5. The molecule has 0 atom stereocenters. The molecule has 2 aromatic carbocycles. The van der Waals surface area contributed by atoms with Gasteiger partial charge in [0.15, 0.2) is 0 Å². The van der Waals surface area contributed by atoms with Crippen LogP contribution in [0, 0.1) is 6.92 Å². The summed E-state index contributed by atoms with van der Waals surface area (Å²) >= 11 is 5.97. The van der Waals surface area contributed by atoms with Crippen molar-refractivity contribution in [2.45, 2.75) is 20.0 Å². The molecule has 0 aromatic heterocycles. The maximum Gasteiger partial charge on any atom is 0.241 e. The number of aryl methyl sites for hydroxylation is 1. The molecule has 1 aliphatic rings. The summed E-state index contributed by atoms with van der Waals surface area (Å²) in [5.74, 6) is -0.378. The molecule has 1 saturated heterocycles. The highest BCUT2D eigenvalue weighted by Crippen LogP contribution is 2.25. The Morgan fingerprint density at radius 3 is 2.39 bits per heavy atom. The van der Waals surface area contributed by atoms with Gasteiger partial charge in [-0.15, -0.1) is 0 Å². The molecule has 0 bridgehead atoms. The van der Waals surface area contributed by atoms with Crippen molar-refractivity contribution in [2.24, 2.45) is 0 Å². The zero-order chi connectivity index (χ0) is 22.4. The van der Waals surface area contributed by atoms with Gasteiger partial charge < -0.3 is 10.1 Å². The number of sulfonamides is 1. The molecule has 1 N–H and O–H groups in total. The van der Waals surface area contributed by atoms with Crippen LogP contribution >= 0.6 is 11.6 Å². The van der Waals surface area contributed by atoms with Crippen LogP contribution in [-0.4, -0.2) is 58.3 Å². The van der Waals surface area contributed by atoms with Crippen molar-refractivity contribution >= 4 is 33.2 Å². The van der Waals surface area contributed by atoms with Gasteiger partial charge in [0.05, 0.1) is 25.2 Å². The standard InChI is InChI=1S/C22H28ClN3O4S/c1-17-13-20(23)7-8-21(17)26(31(2,28)29)16-22(27)24-14-18-3-5-19(6-4-18)15-25-9-11-30-12-10-25/h3-8,13H,9-12,14-16H2,1-2H3,(H,24,27). The molecular weight excluding hydrogens is 438 g/mol. The Balaban J connectivity index is 1.57. The van der Waals surface area contributed by atoms with Gasteiger partial charge in [-0.1, -0.05) is 35.9 Å². The Labute approximate surface area is 189 Å². The number of amides is 1. The third-order valence-corrected chi connectivity index (χ3v) is 6.50. The lowest BCUT2D eigenvalue weighted by Gasteiger charge is -2.26. The van der Waals surface area contributed by atoms with E-state index in [1.807, 2.05) is 12.1 Å². The lowest BCUT2D eigenvalue weighted by molar-refractivity contribution is -0.119. The van der Waals surface area contributed by atoms with Crippen LogP contribution in [-0.2, 0) is 32.6 Å². The second kappa shape index (κ2) is 10.5. The molecule has 0 saturated carbocycles. The van der Waals surface area contributed by atoms with Crippen LogP contribution in [0.25, 0.3) is 0 Å². The molecule has 1 amide bonds. The number of rotatable bonds is 8. The Morgan fingerprint density at radius 2 is 1.77 bits per heavy atom. The number of anilines is 1. The number of ether oxygens (including phenoxy) is 1. The topological polar surface area (TPSA) is 79.0 Å². The monoisotopic (exact) mass is 465 g/mol. The van der Waals surface area contributed by atoms with E-state index in [2.05, 4.69) is 22.3 Å². The van der Waals surface area contributed by atoms with E-state index in [0.717, 1.165) is 49.0 Å². The number of carbonyl (C=O) groups excluding carboxylic acids is 1. The summed E-state index contributed by atoms with van der Waals surface area (Å²) in [5, 5.41) is 3.32. The Kier molecular flexibility index (Phi) is 7.94. The number of hydrogen-bond donors (Lipinski definition) is 1. The van der Waals surface area contributed by atoms with Crippen LogP contribution in [0.15, 0.2) is 42.5 Å². The minimum Gasteiger partial charge on any atom is -0.379 e. The molecular formula is C22H28ClN3O4S. The maximum atomic E-state index is 12.5. The van der Waals surface area contributed by atoms with Crippen molar-refractivity contribution in [3.8, 4) is 0 Å². The molecule has 2 aromatic rings. The maximum absolute atomic E-state index is 12.5. The average molecular weight is 466 g/mol. The van der Waals surface area contributed by atoms with Crippen molar-refractivity contribution in [3.05, 3.63) is 64.2 Å². The Bertz CT molecular complexity index is 1010. The van der Waals surface area contributed by atoms with Crippen LogP contribution in [0.3, 0.4) is 0 Å². The van der Waals surface area contributed by atoms with Crippen molar-refractivity contribution in [1.29, 1.82) is 0 Å². The van der Waals surface area contributed by atoms with E-state index in [4.69, 9.17) is 16.3 Å². The first-order chi connectivity index (χ1) is 14.7. The van der Waals surface area contributed by atoms with Gasteiger partial charge in [-0.25, -0.2) is 8.42 Å². The predicted octanol–water partition coefficient (Wildman–Crippen LogP) is 2.56. The van der Waals surface area contributed by atoms with Gasteiger partial charge in [0.1, 0.15) is 6.54 Å². The molecule has 1 aliphatic heterocycles. The second-order valence-electron chi connectivity index (χ2n) is 7.68. The third kappa shape index (κ3) is 6.93. The Hall–Kier alpha value is -2.13. The molecule has 7 nitrogen and oxygen atoms in total. The summed E-state index contributed by atoms with van der Waals surface area (Å²) < 4.78 is 31.0. The summed E-state index contributed by atoms with van der Waals surface area (Å²) in [5.41, 5.74) is 3.28. The molecule has 1 heterocycles. The fourth-order valence-corrected chi connectivity index (χ4v) is 4.59. The van der Waals surface area contributed by atoms with E-state index >= 15 is 0 Å². The van der Waals surface area contributed by atoms with E-state index in [1.165, 1.54) is 5.56 Å². The van der Waals surface area contributed by atoms with Gasteiger partial charge in [0, 0.05) is 31.2 Å². The first-order valence-corrected chi connectivity index (χ1v) is 12.3. The van der Waals surface area contributed by atoms with E-state index in [-0.39, 0.29) is 12.5 Å². The fourth-order valence-electron chi connectivity index (χ4n) is 3.45. The quantitative estimate of drug-likeness (QED) is 0.648. The summed E-state index contributed by atoms with van der Waals surface area (Å²) in [6.45, 7) is 6.07. The van der Waals surface area contributed by atoms with Crippen molar-refractivity contribution in [1.82, 2.24) is 10.2 Å². The molecule has 31 heavy (non-hydrogen) atoms. The van der Waals surface area contributed by atoms with Gasteiger partial charge in [-0.2, -0.15) is 0 Å². The van der Waals surface area contributed by atoms with Crippen LogP contribution in [0.1, 0.15) is 16.7 Å². The second-order valence-corrected chi connectivity index (χ2v) is 10.0. The van der Waals surface area contributed by atoms with Crippen LogP contribution in [0.2, 0.25) is 5.02 Å². The zero-order valence-corrected chi connectivity index (χ0v) is 19.4.